The maximum Gasteiger partial charge on any atom is 0.214 e. The minimum atomic E-state index is 0.0761. The fourth-order valence-electron chi connectivity index (χ4n) is 3.37. The van der Waals surface area contributed by atoms with Crippen molar-refractivity contribution in [3.8, 4) is 0 Å². The van der Waals surface area contributed by atoms with Crippen LogP contribution in [0.3, 0.4) is 0 Å². The predicted octanol–water partition coefficient (Wildman–Crippen LogP) is 3.13. The molecule has 2 atom stereocenters. The molecule has 1 aliphatic carbocycles. The number of nitrogens with one attached hydrogen (secondary N) is 1. The maximum atomic E-state index is 4.72. The summed E-state index contributed by atoms with van der Waals surface area (Å²) in [5.74, 6) is 0. The summed E-state index contributed by atoms with van der Waals surface area (Å²) in [7, 11) is 0. The topological polar surface area (TPSA) is 45.5 Å². The number of imidazole rings is 1. The lowest BCUT2D eigenvalue weighted by molar-refractivity contribution is 0.257. The van der Waals surface area contributed by atoms with Gasteiger partial charge in [-0.2, -0.15) is 0 Å². The number of fused-ring (bicyclic) bond motifs is 1. The number of hydrogen-bond acceptors (Lipinski definition) is 5. The summed E-state index contributed by atoms with van der Waals surface area (Å²) >= 11 is 1.66. The van der Waals surface area contributed by atoms with Gasteiger partial charge in [0, 0.05) is 30.1 Å². The molecule has 4 rings (SSSR count). The van der Waals surface area contributed by atoms with Crippen LogP contribution >= 0.6 is 11.3 Å². The van der Waals surface area contributed by atoms with Crippen molar-refractivity contribution >= 4 is 21.4 Å². The van der Waals surface area contributed by atoms with Crippen molar-refractivity contribution in [1.29, 1.82) is 0 Å². The van der Waals surface area contributed by atoms with Gasteiger partial charge in [-0.05, 0) is 26.2 Å². The van der Waals surface area contributed by atoms with E-state index in [1.807, 2.05) is 4.52 Å². The largest absolute Gasteiger partial charge is 0.356 e. The Hall–Kier alpha value is -1.14. The maximum absolute atomic E-state index is 4.72. The molecule has 1 aliphatic heterocycles. The van der Waals surface area contributed by atoms with Crippen LogP contribution in [-0.2, 0) is 5.41 Å². The highest BCUT2D eigenvalue weighted by molar-refractivity contribution is 7.20. The van der Waals surface area contributed by atoms with Crippen molar-refractivity contribution in [2.45, 2.75) is 70.5 Å². The van der Waals surface area contributed by atoms with E-state index in [1.165, 1.54) is 19.3 Å². The molecule has 2 aliphatic rings. The Morgan fingerprint density at radius 3 is 2.73 bits per heavy atom. The van der Waals surface area contributed by atoms with Gasteiger partial charge in [0.1, 0.15) is 0 Å². The number of anilines is 1. The summed E-state index contributed by atoms with van der Waals surface area (Å²) in [6.45, 7) is 10.1. The molecule has 6 heteroatoms. The molecule has 0 spiro atoms. The molecule has 1 N–H and O–H groups in total. The van der Waals surface area contributed by atoms with Crippen molar-refractivity contribution in [2.75, 3.05) is 11.9 Å². The molecule has 0 amide bonds. The molecule has 1 saturated carbocycles. The van der Waals surface area contributed by atoms with E-state index < -0.39 is 0 Å². The molecule has 3 heterocycles. The average Bonchev–Trinajstić information content (AvgIpc) is 2.91. The third-order valence-corrected chi connectivity index (χ3v) is 5.63. The van der Waals surface area contributed by atoms with Gasteiger partial charge in [0.15, 0.2) is 0 Å². The molecule has 2 fully saturated rings. The van der Waals surface area contributed by atoms with Crippen LogP contribution in [0.5, 0.6) is 0 Å². The van der Waals surface area contributed by atoms with Gasteiger partial charge in [0.2, 0.25) is 10.1 Å². The number of aromatic nitrogens is 3. The summed E-state index contributed by atoms with van der Waals surface area (Å²) in [6.07, 6.45) is 6.05. The van der Waals surface area contributed by atoms with Gasteiger partial charge in [0.05, 0.1) is 11.9 Å². The molecular weight excluding hydrogens is 294 g/mol. The van der Waals surface area contributed by atoms with Gasteiger partial charge in [0.25, 0.3) is 0 Å². The lowest BCUT2D eigenvalue weighted by atomic mass is 9.93. The van der Waals surface area contributed by atoms with Crippen LogP contribution in [0.4, 0.5) is 5.13 Å². The number of rotatable bonds is 3. The Morgan fingerprint density at radius 2 is 2.09 bits per heavy atom. The lowest BCUT2D eigenvalue weighted by Gasteiger charge is -2.19. The van der Waals surface area contributed by atoms with E-state index in [4.69, 9.17) is 4.98 Å². The Balaban J connectivity index is 1.47. The van der Waals surface area contributed by atoms with Crippen LogP contribution in [0, 0.1) is 0 Å². The molecule has 2 aromatic rings. The van der Waals surface area contributed by atoms with Gasteiger partial charge >= 0.3 is 0 Å². The molecule has 120 valence electrons. The Kier molecular flexibility index (Phi) is 3.24. The first-order chi connectivity index (χ1) is 10.4. The van der Waals surface area contributed by atoms with E-state index >= 15 is 0 Å². The van der Waals surface area contributed by atoms with E-state index in [1.54, 1.807) is 11.3 Å². The SMILES string of the molecule is CC1CC(Nc2nn3cc(C(C)(C)C)nc3s2)CN1C1CC1. The summed E-state index contributed by atoms with van der Waals surface area (Å²) in [5, 5.41) is 9.28. The Bertz CT molecular complexity index is 647. The zero-order chi connectivity index (χ0) is 15.5. The van der Waals surface area contributed by atoms with Gasteiger partial charge in [-0.3, -0.25) is 4.90 Å². The summed E-state index contributed by atoms with van der Waals surface area (Å²) < 4.78 is 1.92. The van der Waals surface area contributed by atoms with E-state index in [-0.39, 0.29) is 5.41 Å². The van der Waals surface area contributed by atoms with E-state index in [0.717, 1.165) is 28.4 Å². The first-order valence-electron chi connectivity index (χ1n) is 8.29. The van der Waals surface area contributed by atoms with Crippen molar-refractivity contribution in [3.05, 3.63) is 11.9 Å². The summed E-state index contributed by atoms with van der Waals surface area (Å²) in [6, 6.07) is 2.07. The van der Waals surface area contributed by atoms with Crippen LogP contribution in [0.25, 0.3) is 4.96 Å². The minimum Gasteiger partial charge on any atom is -0.356 e. The third-order valence-electron chi connectivity index (χ3n) is 4.78. The molecule has 0 bridgehead atoms. The second kappa shape index (κ2) is 4.93. The first-order valence-corrected chi connectivity index (χ1v) is 9.11. The highest BCUT2D eigenvalue weighted by Gasteiger charge is 2.38. The van der Waals surface area contributed by atoms with Crippen LogP contribution in [0.2, 0.25) is 0 Å². The van der Waals surface area contributed by atoms with Gasteiger partial charge in [-0.1, -0.05) is 32.1 Å². The van der Waals surface area contributed by atoms with E-state index in [9.17, 15) is 0 Å². The van der Waals surface area contributed by atoms with Crippen molar-refractivity contribution < 1.29 is 0 Å². The standard InChI is InChI=1S/C16H25N5S/c1-10-7-11(8-20(10)12-5-6-12)17-14-19-21-9-13(16(2,3)4)18-15(21)22-14/h9-12H,5-8H2,1-4H3,(H,17,19). The van der Waals surface area contributed by atoms with Crippen molar-refractivity contribution in [2.24, 2.45) is 0 Å². The molecule has 0 radical (unpaired) electrons. The highest BCUT2D eigenvalue weighted by Crippen LogP contribution is 2.34. The molecule has 2 unspecified atom stereocenters. The average molecular weight is 319 g/mol. The zero-order valence-corrected chi connectivity index (χ0v) is 14.7. The van der Waals surface area contributed by atoms with Crippen LogP contribution < -0.4 is 5.32 Å². The summed E-state index contributed by atoms with van der Waals surface area (Å²) in [5.41, 5.74) is 1.18. The quantitative estimate of drug-likeness (QED) is 0.944. The van der Waals surface area contributed by atoms with Gasteiger partial charge in [-0.15, -0.1) is 5.10 Å². The smallest absolute Gasteiger partial charge is 0.214 e. The number of hydrogen-bond donors (Lipinski definition) is 1. The Morgan fingerprint density at radius 1 is 1.32 bits per heavy atom. The molecule has 22 heavy (non-hydrogen) atoms. The van der Waals surface area contributed by atoms with Crippen LogP contribution in [0.1, 0.15) is 52.7 Å². The molecular formula is C16H25N5S. The zero-order valence-electron chi connectivity index (χ0n) is 13.8. The Labute approximate surface area is 135 Å². The fourth-order valence-corrected chi connectivity index (χ4v) is 4.23. The van der Waals surface area contributed by atoms with Crippen LogP contribution in [0.15, 0.2) is 6.20 Å². The second-order valence-electron chi connectivity index (χ2n) is 7.86. The molecule has 0 aromatic carbocycles. The van der Waals surface area contributed by atoms with E-state index in [0.29, 0.717) is 12.1 Å². The first kappa shape index (κ1) is 14.5. The predicted molar refractivity (Wildman–Crippen MR) is 90.8 cm³/mol. The fraction of sp³-hybridized carbons (Fsp3) is 0.750. The number of nitrogens with zero attached hydrogens (tertiary/aromatic N) is 4. The third kappa shape index (κ3) is 2.63. The second-order valence-corrected chi connectivity index (χ2v) is 8.82. The van der Waals surface area contributed by atoms with Gasteiger partial charge < -0.3 is 5.32 Å². The molecule has 2 aromatic heterocycles. The minimum absolute atomic E-state index is 0.0761. The van der Waals surface area contributed by atoms with E-state index in [2.05, 4.69) is 49.2 Å². The highest BCUT2D eigenvalue weighted by atomic mass is 32.1. The molecule has 5 nitrogen and oxygen atoms in total. The van der Waals surface area contributed by atoms with Gasteiger partial charge in [-0.25, -0.2) is 9.50 Å². The van der Waals surface area contributed by atoms with Crippen molar-refractivity contribution in [3.63, 3.8) is 0 Å². The molecule has 1 saturated heterocycles. The lowest BCUT2D eigenvalue weighted by Crippen LogP contribution is -2.31. The summed E-state index contributed by atoms with van der Waals surface area (Å²) in [4.78, 5) is 8.36. The van der Waals surface area contributed by atoms with Crippen LogP contribution in [-0.4, -0.2) is 44.2 Å². The normalized spacial score (nSPS) is 26.9. The monoisotopic (exact) mass is 319 g/mol. The van der Waals surface area contributed by atoms with Crippen molar-refractivity contribution in [1.82, 2.24) is 19.5 Å². The number of likely N-dealkylation sites (tertiary alicyclic amines) is 1.